The summed E-state index contributed by atoms with van der Waals surface area (Å²) in [7, 11) is 0. The molecule has 2 aliphatic heterocycles. The fraction of sp³-hybridized carbons (Fsp3) is 0.302. The van der Waals surface area contributed by atoms with E-state index in [1.54, 1.807) is 30.3 Å². The Hall–Kier alpha value is -5.82. The maximum absolute atomic E-state index is 13.2. The topological polar surface area (TPSA) is 153 Å². The van der Waals surface area contributed by atoms with Gasteiger partial charge >= 0.3 is 0 Å². The van der Waals surface area contributed by atoms with Crippen LogP contribution in [-0.2, 0) is 23.8 Å². The first-order valence-electron chi connectivity index (χ1n) is 18.5. The first kappa shape index (κ1) is 38.9. The number of aromatic hydroxyl groups is 1. The SMILES string of the molecule is CCC(=C(c1ccc(O)cc1)c1ccc(OCCOCCOCCOCCNc2cccc3c2C(=O)N(C2CCC(=O)NC2=O)C3=O)cc1)c1ccccc1. The zero-order chi connectivity index (χ0) is 38.6. The van der Waals surface area contributed by atoms with Gasteiger partial charge in [-0.1, -0.05) is 67.6 Å². The van der Waals surface area contributed by atoms with Gasteiger partial charge in [0, 0.05) is 18.7 Å². The quantitative estimate of drug-likeness (QED) is 0.0619. The fourth-order valence-corrected chi connectivity index (χ4v) is 6.71. The van der Waals surface area contributed by atoms with Gasteiger partial charge in [0.05, 0.1) is 50.8 Å². The van der Waals surface area contributed by atoms with Crippen LogP contribution in [0.1, 0.15) is 63.6 Å². The maximum atomic E-state index is 13.2. The highest BCUT2D eigenvalue weighted by molar-refractivity contribution is 6.25. The van der Waals surface area contributed by atoms with Crippen LogP contribution >= 0.6 is 0 Å². The van der Waals surface area contributed by atoms with E-state index in [2.05, 4.69) is 41.8 Å². The Morgan fingerprint density at radius 2 is 1.36 bits per heavy atom. The molecule has 1 atom stereocenters. The highest BCUT2D eigenvalue weighted by Crippen LogP contribution is 2.36. The first-order chi connectivity index (χ1) is 26.9. The Morgan fingerprint density at radius 3 is 2.02 bits per heavy atom. The lowest BCUT2D eigenvalue weighted by molar-refractivity contribution is -0.136. The minimum Gasteiger partial charge on any atom is -0.508 e. The molecule has 0 spiro atoms. The zero-order valence-electron chi connectivity index (χ0n) is 30.8. The van der Waals surface area contributed by atoms with Crippen molar-refractivity contribution in [2.75, 3.05) is 58.1 Å². The van der Waals surface area contributed by atoms with Crippen molar-refractivity contribution in [3.8, 4) is 11.5 Å². The third-order valence-electron chi connectivity index (χ3n) is 9.35. The first-order valence-corrected chi connectivity index (χ1v) is 18.5. The number of carbonyl (C=O) groups is 4. The molecule has 4 aromatic rings. The second-order valence-electron chi connectivity index (χ2n) is 12.9. The van der Waals surface area contributed by atoms with Crippen molar-refractivity contribution in [2.24, 2.45) is 0 Å². The number of carbonyl (C=O) groups excluding carboxylic acids is 4. The normalized spacial score (nSPS) is 15.8. The van der Waals surface area contributed by atoms with Gasteiger partial charge in [0.2, 0.25) is 11.8 Å². The summed E-state index contributed by atoms with van der Waals surface area (Å²) in [6.07, 6.45) is 1.01. The molecule has 1 unspecified atom stereocenters. The fourth-order valence-electron chi connectivity index (χ4n) is 6.71. The van der Waals surface area contributed by atoms with Crippen molar-refractivity contribution < 1.29 is 43.2 Å². The molecule has 1 saturated heterocycles. The van der Waals surface area contributed by atoms with Gasteiger partial charge in [0.1, 0.15) is 24.1 Å². The van der Waals surface area contributed by atoms with Gasteiger partial charge in [-0.15, -0.1) is 0 Å². The summed E-state index contributed by atoms with van der Waals surface area (Å²) in [6, 6.07) is 29.6. The molecule has 1 fully saturated rings. The number of anilines is 1. The van der Waals surface area contributed by atoms with Crippen LogP contribution in [0.3, 0.4) is 0 Å². The van der Waals surface area contributed by atoms with Crippen molar-refractivity contribution >= 4 is 40.5 Å². The van der Waals surface area contributed by atoms with Crippen LogP contribution in [0.2, 0.25) is 0 Å². The summed E-state index contributed by atoms with van der Waals surface area (Å²) in [4.78, 5) is 51.1. The molecule has 4 aromatic carbocycles. The predicted molar refractivity (Wildman–Crippen MR) is 207 cm³/mol. The van der Waals surface area contributed by atoms with E-state index in [1.165, 1.54) is 5.57 Å². The number of phenolic OH excluding ortho intramolecular Hbond substituents is 1. The minimum absolute atomic E-state index is 0.0642. The number of rotatable bonds is 19. The number of allylic oxidation sites excluding steroid dienone is 1. The molecule has 2 aliphatic rings. The summed E-state index contributed by atoms with van der Waals surface area (Å²) in [5.41, 5.74) is 6.47. The van der Waals surface area contributed by atoms with E-state index in [1.807, 2.05) is 42.5 Å². The molecule has 0 radical (unpaired) electrons. The third-order valence-corrected chi connectivity index (χ3v) is 9.35. The van der Waals surface area contributed by atoms with Crippen molar-refractivity contribution in [3.05, 3.63) is 125 Å². The van der Waals surface area contributed by atoms with Crippen molar-refractivity contribution in [2.45, 2.75) is 32.2 Å². The maximum Gasteiger partial charge on any atom is 0.264 e. The van der Waals surface area contributed by atoms with Crippen LogP contribution in [0.25, 0.3) is 11.1 Å². The lowest BCUT2D eigenvalue weighted by atomic mass is 9.88. The summed E-state index contributed by atoms with van der Waals surface area (Å²) in [5, 5.41) is 15.2. The van der Waals surface area contributed by atoms with E-state index in [0.29, 0.717) is 58.5 Å². The number of nitrogens with zero attached hydrogens (tertiary/aromatic N) is 1. The smallest absolute Gasteiger partial charge is 0.264 e. The monoisotopic (exact) mass is 747 g/mol. The average Bonchev–Trinajstić information content (AvgIpc) is 3.45. The van der Waals surface area contributed by atoms with Crippen molar-refractivity contribution in [1.82, 2.24) is 10.2 Å². The summed E-state index contributed by atoms with van der Waals surface area (Å²) in [6.45, 7) is 5.21. The van der Waals surface area contributed by atoms with E-state index in [-0.39, 0.29) is 29.7 Å². The van der Waals surface area contributed by atoms with Crippen LogP contribution in [0, 0.1) is 0 Å². The number of hydrogen-bond donors (Lipinski definition) is 3. The van der Waals surface area contributed by atoms with Gasteiger partial charge < -0.3 is 29.4 Å². The molecule has 12 nitrogen and oxygen atoms in total. The molecule has 4 amide bonds. The van der Waals surface area contributed by atoms with Gasteiger partial charge in [0.15, 0.2) is 0 Å². The highest BCUT2D eigenvalue weighted by Gasteiger charge is 2.45. The summed E-state index contributed by atoms with van der Waals surface area (Å²) < 4.78 is 22.8. The number of amides is 4. The Bertz CT molecular complexity index is 2000. The molecular formula is C43H45N3O9. The number of hydrogen-bond acceptors (Lipinski definition) is 10. The van der Waals surface area contributed by atoms with Gasteiger partial charge in [-0.2, -0.15) is 0 Å². The van der Waals surface area contributed by atoms with Crippen LogP contribution in [0.5, 0.6) is 11.5 Å². The van der Waals surface area contributed by atoms with Crippen LogP contribution < -0.4 is 15.4 Å². The highest BCUT2D eigenvalue weighted by atomic mass is 16.6. The second-order valence-corrected chi connectivity index (χ2v) is 12.9. The molecule has 12 heteroatoms. The Kier molecular flexibility index (Phi) is 13.4. The zero-order valence-corrected chi connectivity index (χ0v) is 30.8. The van der Waals surface area contributed by atoms with E-state index < -0.39 is 29.7 Å². The van der Waals surface area contributed by atoms with Gasteiger partial charge in [-0.3, -0.25) is 29.4 Å². The molecule has 0 aliphatic carbocycles. The van der Waals surface area contributed by atoms with E-state index >= 15 is 0 Å². The minimum atomic E-state index is -1.01. The largest absolute Gasteiger partial charge is 0.508 e. The summed E-state index contributed by atoms with van der Waals surface area (Å²) in [5.74, 6) is -1.20. The lowest BCUT2D eigenvalue weighted by Crippen LogP contribution is -2.54. The molecular weight excluding hydrogens is 702 g/mol. The number of ether oxygens (including phenoxy) is 4. The molecule has 0 bridgehead atoms. The molecule has 6 rings (SSSR count). The van der Waals surface area contributed by atoms with E-state index in [0.717, 1.165) is 39.3 Å². The predicted octanol–water partition coefficient (Wildman–Crippen LogP) is 5.70. The number of benzene rings is 4. The van der Waals surface area contributed by atoms with E-state index in [4.69, 9.17) is 18.9 Å². The summed E-state index contributed by atoms with van der Waals surface area (Å²) >= 11 is 0. The number of fused-ring (bicyclic) bond motifs is 1. The van der Waals surface area contributed by atoms with Gasteiger partial charge in [0.25, 0.3) is 11.8 Å². The van der Waals surface area contributed by atoms with Crippen LogP contribution in [-0.4, -0.2) is 92.5 Å². The van der Waals surface area contributed by atoms with E-state index in [9.17, 15) is 24.3 Å². The number of phenols is 1. The number of piperidine rings is 1. The molecule has 3 N–H and O–H groups in total. The second kappa shape index (κ2) is 19.0. The number of imide groups is 2. The molecule has 0 saturated carbocycles. The van der Waals surface area contributed by atoms with Crippen LogP contribution in [0.15, 0.2) is 97.1 Å². The van der Waals surface area contributed by atoms with Gasteiger partial charge in [-0.25, -0.2) is 0 Å². The number of nitrogens with one attached hydrogen (secondary N) is 2. The van der Waals surface area contributed by atoms with Crippen molar-refractivity contribution in [3.63, 3.8) is 0 Å². The van der Waals surface area contributed by atoms with Crippen molar-refractivity contribution in [1.29, 1.82) is 0 Å². The Morgan fingerprint density at radius 1 is 0.727 bits per heavy atom. The molecule has 286 valence electrons. The lowest BCUT2D eigenvalue weighted by Gasteiger charge is -2.27. The van der Waals surface area contributed by atoms with Crippen LogP contribution in [0.4, 0.5) is 5.69 Å². The van der Waals surface area contributed by atoms with Gasteiger partial charge in [-0.05, 0) is 77.1 Å². The average molecular weight is 748 g/mol. The Labute approximate surface area is 320 Å². The molecule has 2 heterocycles. The Balaban J connectivity index is 0.861. The molecule has 55 heavy (non-hydrogen) atoms. The third kappa shape index (κ3) is 9.65. The standard InChI is InChI=1S/C43H45N3O9/c1-2-34(29-7-4-3-5-8-29)39(30-11-15-32(47)16-12-30)31-13-17-33(18-14-31)55-28-27-54-26-25-53-24-23-52-22-21-44-36-10-6-9-35-40(36)43(51)46(42(35)50)37-19-20-38(48)45-41(37)49/h3-18,37,44,47H,2,19-28H2,1H3,(H,45,48,49). The molecule has 0 aromatic heterocycles.